The van der Waals surface area contributed by atoms with Crippen molar-refractivity contribution in [3.63, 3.8) is 0 Å². The topological polar surface area (TPSA) is 85.8 Å². The van der Waals surface area contributed by atoms with Crippen LogP contribution in [0.4, 0.5) is 10.6 Å². The van der Waals surface area contributed by atoms with E-state index in [0.29, 0.717) is 18.3 Å². The number of aryl methyl sites for hydroxylation is 2. The third kappa shape index (κ3) is 3.72. The molecule has 32 heavy (non-hydrogen) atoms. The summed E-state index contributed by atoms with van der Waals surface area (Å²) in [6.07, 6.45) is 3.38. The summed E-state index contributed by atoms with van der Waals surface area (Å²) in [5, 5.41) is 7.96. The number of anilines is 1. The molecule has 8 heteroatoms. The highest BCUT2D eigenvalue weighted by Crippen LogP contribution is 2.32. The second-order valence-electron chi connectivity index (χ2n) is 8.97. The summed E-state index contributed by atoms with van der Waals surface area (Å²) < 4.78 is 13.1. The molecule has 4 aromatic rings. The summed E-state index contributed by atoms with van der Waals surface area (Å²) in [6, 6.07) is 12.0. The molecule has 1 aromatic carbocycles. The second kappa shape index (κ2) is 7.47. The number of aromatic nitrogens is 4. The molecule has 1 amide bonds. The van der Waals surface area contributed by atoms with Crippen molar-refractivity contribution in [3.05, 3.63) is 54.2 Å². The molecule has 0 fully saturated rings. The number of hydrogen-bond acceptors (Lipinski definition) is 6. The van der Waals surface area contributed by atoms with Crippen LogP contribution in [0.2, 0.25) is 0 Å². The minimum absolute atomic E-state index is 0.343. The van der Waals surface area contributed by atoms with E-state index in [1.54, 1.807) is 11.8 Å². The highest BCUT2D eigenvalue weighted by atomic mass is 16.6. The fourth-order valence-corrected chi connectivity index (χ4v) is 3.93. The first-order valence-electron chi connectivity index (χ1n) is 10.7. The molecule has 0 radical (unpaired) electrons. The Bertz CT molecular complexity index is 1300. The van der Waals surface area contributed by atoms with Crippen molar-refractivity contribution in [2.75, 3.05) is 11.4 Å². The standard InChI is InChI=1S/C24H25N5O3/c1-15-26-27-21(31-15)17-9-7-16(8-10-17)18-11-12-20-25-19-6-5-13-28(22(19)29(20)14-18)23(30)32-24(2,3)4/h7-12,14H,5-6,13H2,1-4H3. The summed E-state index contributed by atoms with van der Waals surface area (Å²) in [5.74, 6) is 1.83. The maximum Gasteiger partial charge on any atom is 0.416 e. The Morgan fingerprint density at radius 2 is 1.75 bits per heavy atom. The number of fused-ring (bicyclic) bond motifs is 3. The normalized spacial score (nSPS) is 13.9. The van der Waals surface area contributed by atoms with E-state index in [1.807, 2.05) is 67.8 Å². The van der Waals surface area contributed by atoms with Crippen LogP contribution >= 0.6 is 0 Å². The number of imidazole rings is 1. The molecule has 5 rings (SSSR count). The summed E-state index contributed by atoms with van der Waals surface area (Å²) in [4.78, 5) is 19.4. The molecule has 0 saturated carbocycles. The van der Waals surface area contributed by atoms with Crippen LogP contribution in [0, 0.1) is 6.92 Å². The number of rotatable bonds is 2. The van der Waals surface area contributed by atoms with Gasteiger partial charge in [-0.3, -0.25) is 9.30 Å². The van der Waals surface area contributed by atoms with Crippen molar-refractivity contribution >= 4 is 17.6 Å². The van der Waals surface area contributed by atoms with Crippen molar-refractivity contribution in [1.29, 1.82) is 0 Å². The summed E-state index contributed by atoms with van der Waals surface area (Å²) in [6.45, 7) is 8.01. The Balaban J connectivity index is 1.52. The third-order valence-electron chi connectivity index (χ3n) is 5.32. The monoisotopic (exact) mass is 431 g/mol. The quantitative estimate of drug-likeness (QED) is 0.442. The van der Waals surface area contributed by atoms with Crippen LogP contribution in [0.5, 0.6) is 0 Å². The van der Waals surface area contributed by atoms with Gasteiger partial charge in [-0.25, -0.2) is 9.78 Å². The average Bonchev–Trinajstić information content (AvgIpc) is 3.35. The van der Waals surface area contributed by atoms with Gasteiger partial charge in [0.2, 0.25) is 11.8 Å². The van der Waals surface area contributed by atoms with Gasteiger partial charge in [0.05, 0.1) is 5.69 Å². The Morgan fingerprint density at radius 3 is 2.44 bits per heavy atom. The van der Waals surface area contributed by atoms with Gasteiger partial charge in [-0.1, -0.05) is 12.1 Å². The van der Waals surface area contributed by atoms with Crippen LogP contribution in [0.3, 0.4) is 0 Å². The van der Waals surface area contributed by atoms with Crippen molar-refractivity contribution in [2.24, 2.45) is 0 Å². The molecule has 0 N–H and O–H groups in total. The minimum atomic E-state index is -0.557. The summed E-state index contributed by atoms with van der Waals surface area (Å²) in [7, 11) is 0. The van der Waals surface area contributed by atoms with E-state index in [2.05, 4.69) is 10.2 Å². The minimum Gasteiger partial charge on any atom is -0.443 e. The molecular formula is C24H25N5O3. The molecule has 4 heterocycles. The lowest BCUT2D eigenvalue weighted by atomic mass is 10.1. The fourth-order valence-electron chi connectivity index (χ4n) is 3.93. The number of carbonyl (C=O) groups excluding carboxylic acids is 1. The SMILES string of the molecule is Cc1nnc(-c2ccc(-c3ccc4nc5c(n4c3)N(C(=O)OC(C)(C)C)CCC5)cc2)o1. The molecule has 164 valence electrons. The van der Waals surface area contributed by atoms with Crippen LogP contribution in [0.1, 0.15) is 38.8 Å². The Morgan fingerprint density at radius 1 is 1.03 bits per heavy atom. The van der Waals surface area contributed by atoms with E-state index in [0.717, 1.165) is 46.7 Å². The highest BCUT2D eigenvalue weighted by molar-refractivity contribution is 5.89. The lowest BCUT2D eigenvalue weighted by Gasteiger charge is -2.29. The molecule has 1 aliphatic rings. The molecular weight excluding hydrogens is 406 g/mol. The molecule has 0 saturated heterocycles. The van der Waals surface area contributed by atoms with Gasteiger partial charge in [-0.05, 0) is 69.0 Å². The van der Waals surface area contributed by atoms with E-state index >= 15 is 0 Å². The van der Waals surface area contributed by atoms with Crippen molar-refractivity contribution in [1.82, 2.24) is 19.6 Å². The number of benzene rings is 1. The largest absolute Gasteiger partial charge is 0.443 e. The molecule has 8 nitrogen and oxygen atoms in total. The number of pyridine rings is 1. The van der Waals surface area contributed by atoms with Crippen molar-refractivity contribution in [3.8, 4) is 22.6 Å². The lowest BCUT2D eigenvalue weighted by Crippen LogP contribution is -2.40. The van der Waals surface area contributed by atoms with Gasteiger partial charge >= 0.3 is 6.09 Å². The molecule has 3 aromatic heterocycles. The van der Waals surface area contributed by atoms with Gasteiger partial charge in [0.25, 0.3) is 0 Å². The molecule has 1 aliphatic heterocycles. The lowest BCUT2D eigenvalue weighted by molar-refractivity contribution is 0.0576. The fraction of sp³-hybridized carbons (Fsp3) is 0.333. The highest BCUT2D eigenvalue weighted by Gasteiger charge is 2.31. The van der Waals surface area contributed by atoms with E-state index in [9.17, 15) is 4.79 Å². The van der Waals surface area contributed by atoms with Gasteiger partial charge in [0.1, 0.15) is 17.1 Å². The van der Waals surface area contributed by atoms with Crippen LogP contribution in [-0.2, 0) is 11.2 Å². The second-order valence-corrected chi connectivity index (χ2v) is 8.97. The van der Waals surface area contributed by atoms with E-state index in [4.69, 9.17) is 14.1 Å². The van der Waals surface area contributed by atoms with Crippen LogP contribution in [0.25, 0.3) is 28.2 Å². The summed E-state index contributed by atoms with van der Waals surface area (Å²) in [5.41, 5.74) is 4.09. The smallest absolute Gasteiger partial charge is 0.416 e. The van der Waals surface area contributed by atoms with Crippen LogP contribution < -0.4 is 4.90 Å². The first-order chi connectivity index (χ1) is 15.3. The Kier molecular flexibility index (Phi) is 4.73. The van der Waals surface area contributed by atoms with E-state index in [-0.39, 0.29) is 6.09 Å². The van der Waals surface area contributed by atoms with Crippen molar-refractivity contribution < 1.29 is 13.9 Å². The van der Waals surface area contributed by atoms with Gasteiger partial charge in [-0.2, -0.15) is 0 Å². The molecule has 0 spiro atoms. The zero-order valence-electron chi connectivity index (χ0n) is 18.6. The molecule has 0 unspecified atom stereocenters. The number of hydrogen-bond donors (Lipinski definition) is 0. The maximum absolute atomic E-state index is 12.9. The van der Waals surface area contributed by atoms with Crippen molar-refractivity contribution in [2.45, 2.75) is 46.1 Å². The van der Waals surface area contributed by atoms with Gasteiger partial charge < -0.3 is 9.15 Å². The first kappa shape index (κ1) is 20.2. The predicted octanol–water partition coefficient (Wildman–Crippen LogP) is 5.05. The van der Waals surface area contributed by atoms with Crippen LogP contribution in [0.15, 0.2) is 47.0 Å². The average molecular weight is 431 g/mol. The number of nitrogens with zero attached hydrogens (tertiary/aromatic N) is 5. The Hall–Kier alpha value is -3.68. The number of amides is 1. The van der Waals surface area contributed by atoms with Gasteiger partial charge in [0.15, 0.2) is 0 Å². The first-order valence-corrected chi connectivity index (χ1v) is 10.7. The number of ether oxygens (including phenoxy) is 1. The maximum atomic E-state index is 12.9. The zero-order chi connectivity index (χ0) is 22.5. The molecule has 0 aliphatic carbocycles. The van der Waals surface area contributed by atoms with Crippen LogP contribution in [-0.4, -0.2) is 37.8 Å². The zero-order valence-corrected chi connectivity index (χ0v) is 18.6. The van der Waals surface area contributed by atoms with Gasteiger partial charge in [0, 0.05) is 25.2 Å². The molecule has 0 bridgehead atoms. The predicted molar refractivity (Wildman–Crippen MR) is 121 cm³/mol. The third-order valence-corrected chi connectivity index (χ3v) is 5.32. The Labute approximate surface area is 185 Å². The van der Waals surface area contributed by atoms with Gasteiger partial charge in [-0.15, -0.1) is 10.2 Å². The molecule has 0 atom stereocenters. The number of carbonyl (C=O) groups is 1. The summed E-state index contributed by atoms with van der Waals surface area (Å²) >= 11 is 0. The van der Waals surface area contributed by atoms with E-state index in [1.165, 1.54) is 0 Å². The van der Waals surface area contributed by atoms with E-state index < -0.39 is 5.60 Å².